The molecule has 0 saturated carbocycles. The Hall–Kier alpha value is -2.66. The number of benzene rings is 2. The zero-order chi connectivity index (χ0) is 15.8. The molecule has 5 heteroatoms. The first-order valence-corrected chi connectivity index (χ1v) is 8.10. The SMILES string of the molecule is O=C1N[C@@H](c2ccc(F)cc2)Nc2scc(-c3ccccc3)c21. The van der Waals surface area contributed by atoms with E-state index in [4.69, 9.17) is 0 Å². The molecule has 2 N–H and O–H groups in total. The number of rotatable bonds is 2. The van der Waals surface area contributed by atoms with E-state index in [2.05, 4.69) is 10.6 Å². The second-order valence-electron chi connectivity index (χ2n) is 5.32. The molecule has 2 heterocycles. The van der Waals surface area contributed by atoms with Gasteiger partial charge in [0.2, 0.25) is 0 Å². The highest BCUT2D eigenvalue weighted by molar-refractivity contribution is 7.15. The number of fused-ring (bicyclic) bond motifs is 1. The van der Waals surface area contributed by atoms with Crippen LogP contribution >= 0.6 is 11.3 Å². The molecule has 114 valence electrons. The van der Waals surface area contributed by atoms with Crippen LogP contribution in [0.4, 0.5) is 9.39 Å². The Bertz CT molecular complexity index is 858. The van der Waals surface area contributed by atoms with Crippen molar-refractivity contribution in [1.82, 2.24) is 5.32 Å². The van der Waals surface area contributed by atoms with Gasteiger partial charge < -0.3 is 10.6 Å². The number of carbonyl (C=O) groups is 1. The number of hydrogen-bond donors (Lipinski definition) is 2. The molecule has 4 rings (SSSR count). The van der Waals surface area contributed by atoms with Gasteiger partial charge in [0, 0.05) is 10.9 Å². The van der Waals surface area contributed by atoms with E-state index in [0.717, 1.165) is 21.7 Å². The second kappa shape index (κ2) is 5.52. The number of amides is 1. The van der Waals surface area contributed by atoms with Crippen LogP contribution in [-0.4, -0.2) is 5.91 Å². The van der Waals surface area contributed by atoms with Crippen molar-refractivity contribution in [3.63, 3.8) is 0 Å². The maximum Gasteiger partial charge on any atom is 0.256 e. The van der Waals surface area contributed by atoms with Crippen molar-refractivity contribution in [2.75, 3.05) is 5.32 Å². The Labute approximate surface area is 136 Å². The third kappa shape index (κ3) is 2.49. The molecule has 0 bridgehead atoms. The van der Waals surface area contributed by atoms with Crippen molar-refractivity contribution in [2.45, 2.75) is 6.17 Å². The van der Waals surface area contributed by atoms with Crippen LogP contribution in [0, 0.1) is 5.82 Å². The van der Waals surface area contributed by atoms with Gasteiger partial charge in [0.15, 0.2) is 0 Å². The quantitative estimate of drug-likeness (QED) is 0.733. The molecule has 3 nitrogen and oxygen atoms in total. The van der Waals surface area contributed by atoms with Gasteiger partial charge in [-0.1, -0.05) is 42.5 Å². The molecule has 1 aliphatic heterocycles. The summed E-state index contributed by atoms with van der Waals surface area (Å²) in [6.45, 7) is 0. The normalized spacial score (nSPS) is 16.4. The smallest absolute Gasteiger partial charge is 0.256 e. The van der Waals surface area contributed by atoms with Gasteiger partial charge in [-0.3, -0.25) is 4.79 Å². The van der Waals surface area contributed by atoms with Gasteiger partial charge in [-0.25, -0.2) is 4.39 Å². The second-order valence-corrected chi connectivity index (χ2v) is 6.20. The number of anilines is 1. The molecule has 1 amide bonds. The molecule has 1 aromatic heterocycles. The lowest BCUT2D eigenvalue weighted by Gasteiger charge is -2.26. The van der Waals surface area contributed by atoms with Gasteiger partial charge in [0.25, 0.3) is 5.91 Å². The summed E-state index contributed by atoms with van der Waals surface area (Å²) in [7, 11) is 0. The minimum atomic E-state index is -0.349. The molecule has 3 aromatic rings. The molecule has 1 aliphatic rings. The Morgan fingerprint density at radius 3 is 2.43 bits per heavy atom. The molecular weight excluding hydrogens is 311 g/mol. The van der Waals surface area contributed by atoms with Crippen LogP contribution in [0.5, 0.6) is 0 Å². The number of thiophene rings is 1. The lowest BCUT2D eigenvalue weighted by molar-refractivity contribution is 0.0937. The predicted molar refractivity (Wildman–Crippen MR) is 90.0 cm³/mol. The topological polar surface area (TPSA) is 41.1 Å². The van der Waals surface area contributed by atoms with Crippen molar-refractivity contribution in [2.24, 2.45) is 0 Å². The first-order valence-electron chi connectivity index (χ1n) is 7.22. The number of nitrogens with one attached hydrogen (secondary N) is 2. The predicted octanol–water partition coefficient (Wildman–Crippen LogP) is 4.41. The summed E-state index contributed by atoms with van der Waals surface area (Å²) in [6.07, 6.45) is -0.349. The highest BCUT2D eigenvalue weighted by Gasteiger charge is 2.29. The summed E-state index contributed by atoms with van der Waals surface area (Å²) < 4.78 is 13.1. The summed E-state index contributed by atoms with van der Waals surface area (Å²) in [5.74, 6) is -0.410. The maximum absolute atomic E-state index is 13.1. The summed E-state index contributed by atoms with van der Waals surface area (Å²) >= 11 is 1.51. The first-order chi connectivity index (χ1) is 11.2. The third-order valence-electron chi connectivity index (χ3n) is 3.86. The fourth-order valence-corrected chi connectivity index (χ4v) is 3.71. The Kier molecular flexibility index (Phi) is 3.35. The van der Waals surface area contributed by atoms with E-state index >= 15 is 0 Å². The first kappa shape index (κ1) is 14.0. The van der Waals surface area contributed by atoms with Crippen LogP contribution in [0.25, 0.3) is 11.1 Å². The van der Waals surface area contributed by atoms with Gasteiger partial charge in [0.1, 0.15) is 17.0 Å². The van der Waals surface area contributed by atoms with Crippen LogP contribution in [0.15, 0.2) is 60.0 Å². The zero-order valence-corrected chi connectivity index (χ0v) is 12.9. The molecule has 0 radical (unpaired) electrons. The molecule has 0 spiro atoms. The van der Waals surface area contributed by atoms with Crippen molar-refractivity contribution >= 4 is 22.2 Å². The van der Waals surface area contributed by atoms with Crippen molar-refractivity contribution < 1.29 is 9.18 Å². The fraction of sp³-hybridized carbons (Fsp3) is 0.0556. The van der Waals surface area contributed by atoms with Gasteiger partial charge in [-0.05, 0) is 23.3 Å². The summed E-state index contributed by atoms with van der Waals surface area (Å²) in [4.78, 5) is 12.6. The van der Waals surface area contributed by atoms with Crippen molar-refractivity contribution in [3.05, 3.63) is 76.9 Å². The van der Waals surface area contributed by atoms with Gasteiger partial charge in [-0.15, -0.1) is 11.3 Å². The Balaban J connectivity index is 1.70. The Morgan fingerprint density at radius 2 is 1.70 bits per heavy atom. The molecule has 0 unspecified atom stereocenters. The fourth-order valence-electron chi connectivity index (χ4n) is 2.71. The van der Waals surface area contributed by atoms with Crippen molar-refractivity contribution in [1.29, 1.82) is 0 Å². The average Bonchev–Trinajstić information content (AvgIpc) is 3.01. The van der Waals surface area contributed by atoms with Gasteiger partial charge in [0.05, 0.1) is 5.56 Å². The van der Waals surface area contributed by atoms with E-state index in [1.54, 1.807) is 12.1 Å². The van der Waals surface area contributed by atoms with Crippen molar-refractivity contribution in [3.8, 4) is 11.1 Å². The van der Waals surface area contributed by atoms with Gasteiger partial charge >= 0.3 is 0 Å². The summed E-state index contributed by atoms with van der Waals surface area (Å²) in [5, 5.41) is 9.08. The summed E-state index contributed by atoms with van der Waals surface area (Å²) in [5.41, 5.74) is 3.43. The molecule has 2 aromatic carbocycles. The average molecular weight is 324 g/mol. The molecule has 23 heavy (non-hydrogen) atoms. The van der Waals surface area contributed by atoms with E-state index < -0.39 is 0 Å². The van der Waals surface area contributed by atoms with Crippen LogP contribution in [0.2, 0.25) is 0 Å². The van der Waals surface area contributed by atoms with E-state index in [1.165, 1.54) is 23.5 Å². The maximum atomic E-state index is 13.1. The minimum absolute atomic E-state index is 0.117. The summed E-state index contributed by atoms with van der Waals surface area (Å²) in [6, 6.07) is 16.0. The molecule has 1 atom stereocenters. The van der Waals surface area contributed by atoms with Crippen LogP contribution < -0.4 is 10.6 Å². The van der Waals surface area contributed by atoms with Crippen LogP contribution in [0.3, 0.4) is 0 Å². The molecule has 0 saturated heterocycles. The minimum Gasteiger partial charge on any atom is -0.353 e. The zero-order valence-electron chi connectivity index (χ0n) is 12.0. The van der Waals surface area contributed by atoms with Gasteiger partial charge in [-0.2, -0.15) is 0 Å². The molecule has 0 fully saturated rings. The van der Waals surface area contributed by atoms with Crippen LogP contribution in [0.1, 0.15) is 22.1 Å². The lowest BCUT2D eigenvalue weighted by atomic mass is 10.0. The van der Waals surface area contributed by atoms with E-state index in [0.29, 0.717) is 5.56 Å². The van der Waals surface area contributed by atoms with E-state index in [-0.39, 0.29) is 17.9 Å². The highest BCUT2D eigenvalue weighted by atomic mass is 32.1. The van der Waals surface area contributed by atoms with Crippen LogP contribution in [-0.2, 0) is 0 Å². The number of carbonyl (C=O) groups excluding carboxylic acids is 1. The largest absolute Gasteiger partial charge is 0.353 e. The van der Waals surface area contributed by atoms with E-state index in [9.17, 15) is 9.18 Å². The third-order valence-corrected chi connectivity index (χ3v) is 4.77. The molecular formula is C18H13FN2OS. The molecule has 0 aliphatic carbocycles. The standard InChI is InChI=1S/C18H13FN2OS/c19-13-8-6-12(7-9-13)16-20-17(22)15-14(10-23-18(15)21-16)11-4-2-1-3-5-11/h1-10,16,21H,(H,20,22)/t16-/m1/s1. The van der Waals surface area contributed by atoms with E-state index in [1.807, 2.05) is 35.7 Å². The highest BCUT2D eigenvalue weighted by Crippen LogP contribution is 2.39. The lowest BCUT2D eigenvalue weighted by Crippen LogP contribution is -2.37. The number of hydrogen-bond acceptors (Lipinski definition) is 3. The Morgan fingerprint density at radius 1 is 0.957 bits per heavy atom. The monoisotopic (exact) mass is 324 g/mol. The number of halogens is 1.